The maximum absolute atomic E-state index is 10.1. The zero-order valence-corrected chi connectivity index (χ0v) is 14.9. The van der Waals surface area contributed by atoms with Crippen LogP contribution in [-0.4, -0.2) is 56.7 Å². The molecular weight excluding hydrogens is 368 g/mol. The van der Waals surface area contributed by atoms with E-state index in [9.17, 15) is 25.5 Å². The second-order valence-corrected chi connectivity index (χ2v) is 7.03. The fourth-order valence-electron chi connectivity index (χ4n) is 3.48. The minimum Gasteiger partial charge on any atom is -0.508 e. The number of fused-ring (bicyclic) bond motifs is 1. The van der Waals surface area contributed by atoms with Crippen LogP contribution in [-0.2, 0) is 11.2 Å². The van der Waals surface area contributed by atoms with E-state index in [1.165, 1.54) is 12.1 Å². The second-order valence-electron chi connectivity index (χ2n) is 7.03. The Morgan fingerprint density at radius 2 is 1.68 bits per heavy atom. The van der Waals surface area contributed by atoms with Crippen molar-refractivity contribution < 1.29 is 39.7 Å². The molecule has 0 unspecified atom stereocenters. The third kappa shape index (κ3) is 3.59. The standard InChI is InChI=1S/C20H22O8/c21-11-3-1-10(2-4-11)15-6-5-13-16(27-15)7-12(22)8-17(13)28-20-19(25)18(24)14(23)9-26-20/h1-4,7-8,14-15,18-25H,5-6,9H2/t14-,15-,18-,19-,20+/m0/s1. The van der Waals surface area contributed by atoms with E-state index in [4.69, 9.17) is 14.2 Å². The van der Waals surface area contributed by atoms with Crippen LogP contribution in [0.25, 0.3) is 0 Å². The number of benzene rings is 2. The number of phenolic OH excluding ortho intramolecular Hbond substituents is 2. The second kappa shape index (κ2) is 7.48. The monoisotopic (exact) mass is 390 g/mol. The molecule has 150 valence electrons. The van der Waals surface area contributed by atoms with Crippen molar-refractivity contribution >= 4 is 0 Å². The van der Waals surface area contributed by atoms with Gasteiger partial charge in [0.15, 0.2) is 0 Å². The molecule has 8 heteroatoms. The molecule has 5 N–H and O–H groups in total. The van der Waals surface area contributed by atoms with Crippen molar-refractivity contribution in [3.8, 4) is 23.0 Å². The zero-order valence-electron chi connectivity index (χ0n) is 14.9. The van der Waals surface area contributed by atoms with Gasteiger partial charge in [0, 0.05) is 17.7 Å². The van der Waals surface area contributed by atoms with Crippen molar-refractivity contribution in [1.82, 2.24) is 0 Å². The summed E-state index contributed by atoms with van der Waals surface area (Å²) in [5, 5.41) is 49.0. The minimum absolute atomic E-state index is 0.0778. The van der Waals surface area contributed by atoms with E-state index >= 15 is 0 Å². The molecule has 0 aliphatic carbocycles. The highest BCUT2D eigenvalue weighted by atomic mass is 16.7. The highest BCUT2D eigenvalue weighted by molar-refractivity contribution is 5.51. The van der Waals surface area contributed by atoms with Crippen molar-refractivity contribution in [2.75, 3.05) is 6.61 Å². The minimum atomic E-state index is -1.43. The third-order valence-corrected chi connectivity index (χ3v) is 5.04. The summed E-state index contributed by atoms with van der Waals surface area (Å²) >= 11 is 0. The van der Waals surface area contributed by atoms with Crippen LogP contribution in [0, 0.1) is 0 Å². The lowest BCUT2D eigenvalue weighted by molar-refractivity contribution is -0.242. The van der Waals surface area contributed by atoms with Gasteiger partial charge in [-0.25, -0.2) is 0 Å². The average Bonchev–Trinajstić information content (AvgIpc) is 2.68. The van der Waals surface area contributed by atoms with Gasteiger partial charge in [-0.3, -0.25) is 0 Å². The van der Waals surface area contributed by atoms with E-state index in [2.05, 4.69) is 0 Å². The lowest BCUT2D eigenvalue weighted by Crippen LogP contribution is -2.54. The number of aliphatic hydroxyl groups is 3. The summed E-state index contributed by atoms with van der Waals surface area (Å²) in [6.07, 6.45) is -4.20. The Hall–Kier alpha value is -2.52. The molecule has 2 aliphatic rings. The van der Waals surface area contributed by atoms with Gasteiger partial charge in [0.2, 0.25) is 6.29 Å². The zero-order chi connectivity index (χ0) is 19.8. The van der Waals surface area contributed by atoms with Gasteiger partial charge in [0.1, 0.15) is 47.4 Å². The molecule has 1 saturated heterocycles. The predicted molar refractivity (Wildman–Crippen MR) is 96.3 cm³/mol. The predicted octanol–water partition coefficient (Wildman–Crippen LogP) is 0.982. The van der Waals surface area contributed by atoms with E-state index in [1.807, 2.05) is 0 Å². The van der Waals surface area contributed by atoms with Gasteiger partial charge in [-0.15, -0.1) is 0 Å². The van der Waals surface area contributed by atoms with Crippen molar-refractivity contribution in [2.24, 2.45) is 0 Å². The molecule has 0 aromatic heterocycles. The summed E-state index contributed by atoms with van der Waals surface area (Å²) in [6, 6.07) is 9.63. The van der Waals surface area contributed by atoms with Crippen LogP contribution in [0.1, 0.15) is 23.7 Å². The number of ether oxygens (including phenoxy) is 3. The van der Waals surface area contributed by atoms with E-state index < -0.39 is 24.6 Å². The van der Waals surface area contributed by atoms with Crippen molar-refractivity contribution in [3.05, 3.63) is 47.5 Å². The smallest absolute Gasteiger partial charge is 0.228 e. The molecule has 4 rings (SSSR count). The molecule has 2 aliphatic heterocycles. The molecule has 0 radical (unpaired) electrons. The van der Waals surface area contributed by atoms with Crippen LogP contribution in [0.2, 0.25) is 0 Å². The van der Waals surface area contributed by atoms with Gasteiger partial charge in [-0.05, 0) is 30.5 Å². The number of aliphatic hydroxyl groups excluding tert-OH is 3. The van der Waals surface area contributed by atoms with E-state index in [0.29, 0.717) is 24.2 Å². The number of hydrogen-bond acceptors (Lipinski definition) is 8. The largest absolute Gasteiger partial charge is 0.508 e. The first-order valence-corrected chi connectivity index (χ1v) is 9.06. The average molecular weight is 390 g/mol. The lowest BCUT2D eigenvalue weighted by Gasteiger charge is -2.36. The molecule has 2 aromatic carbocycles. The maximum atomic E-state index is 10.1. The van der Waals surface area contributed by atoms with Crippen LogP contribution >= 0.6 is 0 Å². The van der Waals surface area contributed by atoms with Crippen LogP contribution in [0.4, 0.5) is 0 Å². The summed E-state index contributed by atoms with van der Waals surface area (Å²) in [5.41, 5.74) is 1.61. The molecule has 0 spiro atoms. The number of aromatic hydroxyl groups is 2. The van der Waals surface area contributed by atoms with Crippen LogP contribution in [0.15, 0.2) is 36.4 Å². The number of hydrogen-bond donors (Lipinski definition) is 5. The molecule has 2 heterocycles. The molecule has 0 bridgehead atoms. The van der Waals surface area contributed by atoms with Gasteiger partial charge in [-0.2, -0.15) is 0 Å². The fraction of sp³-hybridized carbons (Fsp3) is 0.400. The maximum Gasteiger partial charge on any atom is 0.228 e. The Morgan fingerprint density at radius 3 is 2.43 bits per heavy atom. The molecule has 2 aromatic rings. The molecule has 8 nitrogen and oxygen atoms in total. The Kier molecular flexibility index (Phi) is 5.03. The fourth-order valence-corrected chi connectivity index (χ4v) is 3.48. The molecule has 1 fully saturated rings. The Bertz CT molecular complexity index is 837. The van der Waals surface area contributed by atoms with E-state index in [0.717, 1.165) is 5.56 Å². The van der Waals surface area contributed by atoms with Gasteiger partial charge in [-0.1, -0.05) is 12.1 Å². The summed E-state index contributed by atoms with van der Waals surface area (Å²) in [6.45, 7) is -0.177. The van der Waals surface area contributed by atoms with E-state index in [1.54, 1.807) is 24.3 Å². The van der Waals surface area contributed by atoms with Gasteiger partial charge < -0.3 is 39.7 Å². The van der Waals surface area contributed by atoms with Crippen molar-refractivity contribution in [1.29, 1.82) is 0 Å². The number of rotatable bonds is 3. The SMILES string of the molecule is Oc1ccc([C@@H]2CCc3c(O[C@H]4OC[C@H](O)[C@H](O)[C@@H]4O)cc(O)cc3O2)cc1. The van der Waals surface area contributed by atoms with Crippen LogP contribution < -0.4 is 9.47 Å². The summed E-state index contributed by atoms with van der Waals surface area (Å²) in [5.74, 6) is 0.828. The van der Waals surface area contributed by atoms with E-state index in [-0.39, 0.29) is 30.0 Å². The highest BCUT2D eigenvalue weighted by Crippen LogP contribution is 2.43. The quantitative estimate of drug-likeness (QED) is 0.525. The Morgan fingerprint density at radius 1 is 0.929 bits per heavy atom. The highest BCUT2D eigenvalue weighted by Gasteiger charge is 2.39. The van der Waals surface area contributed by atoms with Gasteiger partial charge in [0.05, 0.1) is 6.61 Å². The first-order valence-electron chi connectivity index (χ1n) is 9.06. The van der Waals surface area contributed by atoms with Gasteiger partial charge >= 0.3 is 0 Å². The lowest BCUT2D eigenvalue weighted by atomic mass is 9.96. The van der Waals surface area contributed by atoms with Crippen LogP contribution in [0.5, 0.6) is 23.0 Å². The third-order valence-electron chi connectivity index (χ3n) is 5.04. The molecule has 5 atom stereocenters. The molecule has 0 amide bonds. The molecule has 0 saturated carbocycles. The summed E-state index contributed by atoms with van der Waals surface area (Å²) in [7, 11) is 0. The Labute approximate surface area is 161 Å². The summed E-state index contributed by atoms with van der Waals surface area (Å²) in [4.78, 5) is 0. The first kappa shape index (κ1) is 18.8. The van der Waals surface area contributed by atoms with Crippen molar-refractivity contribution in [2.45, 2.75) is 43.5 Å². The molecular formula is C20H22O8. The topological polar surface area (TPSA) is 129 Å². The van der Waals surface area contributed by atoms with Crippen molar-refractivity contribution in [3.63, 3.8) is 0 Å². The number of phenols is 2. The normalized spacial score (nSPS) is 29.6. The van der Waals surface area contributed by atoms with Gasteiger partial charge in [0.25, 0.3) is 0 Å². The Balaban J connectivity index is 1.56. The first-order chi connectivity index (χ1) is 13.4. The van der Waals surface area contributed by atoms with Crippen LogP contribution in [0.3, 0.4) is 0 Å². The summed E-state index contributed by atoms with van der Waals surface area (Å²) < 4.78 is 17.0. The molecule has 28 heavy (non-hydrogen) atoms.